The molecule has 0 aliphatic rings. The molecule has 0 spiro atoms. The minimum absolute atomic E-state index is 0.0837. The van der Waals surface area contributed by atoms with Gasteiger partial charge in [-0.05, 0) is 59.6 Å². The van der Waals surface area contributed by atoms with Gasteiger partial charge < -0.3 is 25.4 Å². The number of aromatic hydroxyl groups is 1. The van der Waals surface area contributed by atoms with E-state index in [-0.39, 0.29) is 18.7 Å². The van der Waals surface area contributed by atoms with Crippen molar-refractivity contribution in [3.05, 3.63) is 65.7 Å². The van der Waals surface area contributed by atoms with Gasteiger partial charge in [-0.3, -0.25) is 9.59 Å². The number of unbranched alkanes of at least 4 members (excludes halogenated alkanes) is 2. The molecule has 2 aromatic rings. The van der Waals surface area contributed by atoms with Crippen molar-refractivity contribution >= 4 is 17.9 Å². The lowest BCUT2D eigenvalue weighted by molar-refractivity contribution is -0.143. The van der Waals surface area contributed by atoms with Crippen molar-refractivity contribution in [2.24, 2.45) is 0 Å². The molecular formula is C31H45N3O5. The molecule has 0 fully saturated rings. The number of ether oxygens (including phenoxy) is 1. The summed E-state index contributed by atoms with van der Waals surface area (Å²) in [6, 6.07) is 13.8. The Morgan fingerprint density at radius 3 is 2.10 bits per heavy atom. The van der Waals surface area contributed by atoms with Gasteiger partial charge in [0.1, 0.15) is 23.4 Å². The molecule has 0 bridgehead atoms. The van der Waals surface area contributed by atoms with Crippen molar-refractivity contribution in [2.75, 3.05) is 6.54 Å². The maximum atomic E-state index is 14.3. The summed E-state index contributed by atoms with van der Waals surface area (Å²) < 4.78 is 5.47. The van der Waals surface area contributed by atoms with Crippen LogP contribution in [0.1, 0.15) is 84.9 Å². The number of carbonyl (C=O) groups excluding carboxylic acids is 3. The first kappa shape index (κ1) is 31.7. The van der Waals surface area contributed by atoms with E-state index in [9.17, 15) is 19.5 Å². The number of phenols is 1. The maximum Gasteiger partial charge on any atom is 0.408 e. The summed E-state index contributed by atoms with van der Waals surface area (Å²) in [6.45, 7) is 13.2. The zero-order chi connectivity index (χ0) is 29.2. The van der Waals surface area contributed by atoms with E-state index in [4.69, 9.17) is 4.74 Å². The number of carbonyl (C=O) groups is 3. The summed E-state index contributed by atoms with van der Waals surface area (Å²) in [5.41, 5.74) is -0.162. The van der Waals surface area contributed by atoms with Crippen molar-refractivity contribution in [3.8, 4) is 5.75 Å². The second kappa shape index (κ2) is 14.0. The first-order valence-corrected chi connectivity index (χ1v) is 13.7. The van der Waals surface area contributed by atoms with E-state index in [0.29, 0.717) is 12.0 Å². The number of hydrogen-bond donors (Lipinski definition) is 3. The molecule has 3 N–H and O–H groups in total. The minimum Gasteiger partial charge on any atom is -0.508 e. The third-order valence-electron chi connectivity index (χ3n) is 5.85. The van der Waals surface area contributed by atoms with Crippen LogP contribution in [0.3, 0.4) is 0 Å². The van der Waals surface area contributed by atoms with Gasteiger partial charge in [0.2, 0.25) is 11.8 Å². The molecule has 0 saturated carbocycles. The molecule has 0 aliphatic heterocycles. The van der Waals surface area contributed by atoms with Crippen LogP contribution in [0.4, 0.5) is 4.79 Å². The van der Waals surface area contributed by atoms with Crippen LogP contribution in [0.25, 0.3) is 0 Å². The van der Waals surface area contributed by atoms with Gasteiger partial charge in [0.15, 0.2) is 0 Å². The summed E-state index contributed by atoms with van der Waals surface area (Å²) in [7, 11) is 0. The quantitative estimate of drug-likeness (QED) is 0.327. The van der Waals surface area contributed by atoms with Crippen molar-refractivity contribution in [2.45, 2.75) is 97.4 Å². The van der Waals surface area contributed by atoms with Crippen LogP contribution >= 0.6 is 0 Å². The van der Waals surface area contributed by atoms with Gasteiger partial charge in [0.05, 0.1) is 0 Å². The number of phenolic OH excluding ortho intramolecular Hbond substituents is 1. The topological polar surface area (TPSA) is 108 Å². The number of hydrogen-bond acceptors (Lipinski definition) is 5. The van der Waals surface area contributed by atoms with Crippen LogP contribution in [-0.4, -0.2) is 51.6 Å². The molecule has 8 nitrogen and oxygen atoms in total. The minimum atomic E-state index is -1.10. The molecule has 2 unspecified atom stereocenters. The highest BCUT2D eigenvalue weighted by Gasteiger charge is 2.38. The largest absolute Gasteiger partial charge is 0.508 e. The fourth-order valence-electron chi connectivity index (χ4n) is 4.21. The maximum absolute atomic E-state index is 14.3. The Morgan fingerprint density at radius 2 is 1.54 bits per heavy atom. The van der Waals surface area contributed by atoms with Gasteiger partial charge in [-0.25, -0.2) is 4.79 Å². The highest BCUT2D eigenvalue weighted by Crippen LogP contribution is 2.31. The van der Waals surface area contributed by atoms with Gasteiger partial charge in [-0.2, -0.15) is 0 Å². The van der Waals surface area contributed by atoms with Crippen LogP contribution in [0.5, 0.6) is 5.75 Å². The number of nitrogens with one attached hydrogen (secondary N) is 2. The zero-order valence-corrected chi connectivity index (χ0v) is 24.4. The van der Waals surface area contributed by atoms with Crippen LogP contribution in [0.2, 0.25) is 0 Å². The fourth-order valence-corrected chi connectivity index (χ4v) is 4.21. The molecule has 214 valence electrons. The standard InChI is InChI=1S/C31H45N3O5/c1-8-9-15-20-34(26(27(36)33-30(2,3)4)23-18-13-14-19-25(23)35)28(37)24(21-22-16-11-10-12-17-22)32-29(38)39-31(5,6)7/h10-14,16-19,24,26,35H,8-9,15,20-21H2,1-7H3,(H,32,38)(H,33,36). The molecular weight excluding hydrogens is 494 g/mol. The Morgan fingerprint density at radius 1 is 0.923 bits per heavy atom. The molecule has 0 saturated heterocycles. The summed E-state index contributed by atoms with van der Waals surface area (Å²) in [5, 5.41) is 16.5. The molecule has 2 atom stereocenters. The first-order chi connectivity index (χ1) is 18.2. The molecule has 2 rings (SSSR count). The number of benzene rings is 2. The molecule has 8 heteroatoms. The molecule has 0 aliphatic carbocycles. The van der Waals surface area contributed by atoms with E-state index >= 15 is 0 Å². The first-order valence-electron chi connectivity index (χ1n) is 13.7. The zero-order valence-electron chi connectivity index (χ0n) is 24.4. The second-order valence-corrected chi connectivity index (χ2v) is 11.8. The average molecular weight is 540 g/mol. The molecule has 3 amide bonds. The van der Waals surface area contributed by atoms with Gasteiger partial charge in [-0.15, -0.1) is 0 Å². The van der Waals surface area contributed by atoms with Crippen molar-refractivity contribution in [1.29, 1.82) is 0 Å². The molecule has 2 aromatic carbocycles. The molecule has 39 heavy (non-hydrogen) atoms. The predicted molar refractivity (Wildman–Crippen MR) is 153 cm³/mol. The van der Waals surface area contributed by atoms with Gasteiger partial charge >= 0.3 is 6.09 Å². The van der Waals surface area contributed by atoms with Gasteiger partial charge in [0, 0.05) is 24.1 Å². The molecule has 0 heterocycles. The fraction of sp³-hybridized carbons (Fsp3) is 0.516. The van der Waals surface area contributed by atoms with Crippen LogP contribution in [0.15, 0.2) is 54.6 Å². The summed E-state index contributed by atoms with van der Waals surface area (Å²) in [4.78, 5) is 42.4. The Bertz CT molecular complexity index is 1090. The number of nitrogens with zero attached hydrogens (tertiary/aromatic N) is 1. The van der Waals surface area contributed by atoms with Crippen molar-refractivity contribution < 1.29 is 24.2 Å². The second-order valence-electron chi connectivity index (χ2n) is 11.8. The van der Waals surface area contributed by atoms with Crippen LogP contribution < -0.4 is 10.6 Å². The van der Waals surface area contributed by atoms with Crippen LogP contribution in [-0.2, 0) is 20.7 Å². The molecule has 0 radical (unpaired) electrons. The third kappa shape index (κ3) is 10.6. The summed E-state index contributed by atoms with van der Waals surface area (Å²) in [5.74, 6) is -0.928. The predicted octanol–water partition coefficient (Wildman–Crippen LogP) is 5.50. The van der Waals surface area contributed by atoms with Crippen molar-refractivity contribution in [1.82, 2.24) is 15.5 Å². The van der Waals surface area contributed by atoms with E-state index in [2.05, 4.69) is 17.6 Å². The SMILES string of the molecule is CCCCCN(C(=O)C(Cc1ccccc1)NC(=O)OC(C)(C)C)C(C(=O)NC(C)(C)C)c1ccccc1O. The summed E-state index contributed by atoms with van der Waals surface area (Å²) in [6.07, 6.45) is 1.91. The Hall–Kier alpha value is -3.55. The van der Waals surface area contributed by atoms with E-state index < -0.39 is 41.1 Å². The molecule has 0 aromatic heterocycles. The third-order valence-corrected chi connectivity index (χ3v) is 5.85. The van der Waals surface area contributed by atoms with Crippen LogP contribution in [0, 0.1) is 0 Å². The smallest absolute Gasteiger partial charge is 0.408 e. The highest BCUT2D eigenvalue weighted by atomic mass is 16.6. The van der Waals surface area contributed by atoms with E-state index in [0.717, 1.165) is 18.4 Å². The number of amides is 3. The van der Waals surface area contributed by atoms with Gasteiger partial charge in [-0.1, -0.05) is 68.3 Å². The lowest BCUT2D eigenvalue weighted by atomic mass is 9.98. The normalized spacial score (nSPS) is 13.2. The highest BCUT2D eigenvalue weighted by molar-refractivity contribution is 5.93. The van der Waals surface area contributed by atoms with E-state index in [1.54, 1.807) is 39.0 Å². The Kier molecular flexibility index (Phi) is 11.4. The Balaban J connectivity index is 2.58. The monoisotopic (exact) mass is 539 g/mol. The lowest BCUT2D eigenvalue weighted by Gasteiger charge is -2.36. The van der Waals surface area contributed by atoms with E-state index in [1.807, 2.05) is 51.1 Å². The Labute approximate surface area is 233 Å². The lowest BCUT2D eigenvalue weighted by Crippen LogP contribution is -2.55. The van der Waals surface area contributed by atoms with E-state index in [1.165, 1.54) is 11.0 Å². The average Bonchev–Trinajstić information content (AvgIpc) is 2.82. The van der Waals surface area contributed by atoms with Crippen molar-refractivity contribution in [3.63, 3.8) is 0 Å². The number of alkyl carbamates (subject to hydrolysis) is 1. The summed E-state index contributed by atoms with van der Waals surface area (Å²) >= 11 is 0. The number of rotatable bonds is 11. The van der Waals surface area contributed by atoms with Gasteiger partial charge in [0.25, 0.3) is 0 Å². The number of para-hydroxylation sites is 1.